The number of aromatic nitrogens is 2. The molecule has 1 aromatic heterocycles. The first-order chi connectivity index (χ1) is 12.5. The van der Waals surface area contributed by atoms with E-state index in [1.807, 2.05) is 62.7 Å². The zero-order chi connectivity index (χ0) is 18.5. The van der Waals surface area contributed by atoms with Crippen LogP contribution in [0.5, 0.6) is 0 Å². The number of benzene rings is 2. The Balaban J connectivity index is 1.54. The van der Waals surface area contributed by atoms with Crippen LogP contribution in [0, 0.1) is 0 Å². The third-order valence-electron chi connectivity index (χ3n) is 4.32. The second-order valence-corrected chi connectivity index (χ2v) is 6.55. The van der Waals surface area contributed by atoms with E-state index in [0.717, 1.165) is 23.2 Å². The Hall–Kier alpha value is -3.08. The highest BCUT2D eigenvalue weighted by molar-refractivity contribution is 5.95. The fraction of sp³-hybridized carbons (Fsp3) is 0.238. The molecule has 0 bridgehead atoms. The Kier molecular flexibility index (Phi) is 5.37. The van der Waals surface area contributed by atoms with Crippen LogP contribution in [-0.4, -0.2) is 36.3 Å². The molecule has 3 rings (SSSR count). The van der Waals surface area contributed by atoms with Crippen LogP contribution in [0.4, 0.5) is 5.69 Å². The smallest absolute Gasteiger partial charge is 0.251 e. The molecule has 1 N–H and O–H groups in total. The maximum absolute atomic E-state index is 12.3. The Morgan fingerprint density at radius 1 is 1.12 bits per heavy atom. The van der Waals surface area contributed by atoms with E-state index >= 15 is 0 Å². The van der Waals surface area contributed by atoms with Crippen molar-refractivity contribution in [2.45, 2.75) is 6.42 Å². The molecule has 0 aliphatic heterocycles. The molecular weight excluding hydrogens is 324 g/mol. The number of nitrogens with one attached hydrogen (secondary N) is 1. The summed E-state index contributed by atoms with van der Waals surface area (Å²) in [4.78, 5) is 14.3. The van der Waals surface area contributed by atoms with Crippen molar-refractivity contribution >= 4 is 11.6 Å². The predicted molar refractivity (Wildman–Crippen MR) is 105 cm³/mol. The van der Waals surface area contributed by atoms with Gasteiger partial charge >= 0.3 is 0 Å². The maximum Gasteiger partial charge on any atom is 0.251 e. The standard InChI is InChI=1S/C21H24N4O/c1-24(2)20-6-4-5-18(13-20)21(26)22-12-11-16-7-9-17(10-8-16)19-14-23-25(3)15-19/h4-10,13-15H,11-12H2,1-3H3,(H,22,26). The summed E-state index contributed by atoms with van der Waals surface area (Å²) in [5.41, 5.74) is 5.14. The Morgan fingerprint density at radius 3 is 2.54 bits per heavy atom. The van der Waals surface area contributed by atoms with Crippen molar-refractivity contribution in [1.82, 2.24) is 15.1 Å². The van der Waals surface area contributed by atoms with Crippen LogP contribution in [0.1, 0.15) is 15.9 Å². The highest BCUT2D eigenvalue weighted by Crippen LogP contribution is 2.19. The third-order valence-corrected chi connectivity index (χ3v) is 4.32. The van der Waals surface area contributed by atoms with E-state index in [0.29, 0.717) is 12.1 Å². The number of nitrogens with zero attached hydrogens (tertiary/aromatic N) is 3. The molecule has 3 aromatic rings. The van der Waals surface area contributed by atoms with Crippen LogP contribution >= 0.6 is 0 Å². The number of hydrogen-bond acceptors (Lipinski definition) is 3. The molecule has 1 heterocycles. The van der Waals surface area contributed by atoms with Crippen LogP contribution in [0.3, 0.4) is 0 Å². The molecule has 0 fully saturated rings. The van der Waals surface area contributed by atoms with E-state index < -0.39 is 0 Å². The van der Waals surface area contributed by atoms with Gasteiger partial charge in [0.2, 0.25) is 0 Å². The molecule has 0 unspecified atom stereocenters. The first kappa shape index (κ1) is 17.7. The molecular formula is C21H24N4O. The summed E-state index contributed by atoms with van der Waals surface area (Å²) in [5.74, 6) is -0.0410. The van der Waals surface area contributed by atoms with Gasteiger partial charge in [0, 0.05) is 50.7 Å². The van der Waals surface area contributed by atoms with Gasteiger partial charge in [-0.1, -0.05) is 30.3 Å². The van der Waals surface area contributed by atoms with Gasteiger partial charge in [-0.3, -0.25) is 9.48 Å². The lowest BCUT2D eigenvalue weighted by Gasteiger charge is -2.13. The van der Waals surface area contributed by atoms with Crippen molar-refractivity contribution < 1.29 is 4.79 Å². The number of carbonyl (C=O) groups excluding carboxylic acids is 1. The van der Waals surface area contributed by atoms with Gasteiger partial charge in [-0.05, 0) is 35.7 Å². The lowest BCUT2D eigenvalue weighted by molar-refractivity contribution is 0.0954. The lowest BCUT2D eigenvalue weighted by atomic mass is 10.1. The van der Waals surface area contributed by atoms with Gasteiger partial charge < -0.3 is 10.2 Å². The Labute approximate surface area is 154 Å². The molecule has 0 atom stereocenters. The Morgan fingerprint density at radius 2 is 1.88 bits per heavy atom. The molecule has 0 spiro atoms. The van der Waals surface area contributed by atoms with E-state index in [4.69, 9.17) is 0 Å². The van der Waals surface area contributed by atoms with Gasteiger partial charge in [0.1, 0.15) is 0 Å². The van der Waals surface area contributed by atoms with Crippen LogP contribution in [0.25, 0.3) is 11.1 Å². The minimum atomic E-state index is -0.0410. The second kappa shape index (κ2) is 7.87. The van der Waals surface area contributed by atoms with Gasteiger partial charge in [0.15, 0.2) is 0 Å². The summed E-state index contributed by atoms with van der Waals surface area (Å²) < 4.78 is 1.80. The second-order valence-electron chi connectivity index (χ2n) is 6.55. The van der Waals surface area contributed by atoms with E-state index in [1.165, 1.54) is 5.56 Å². The van der Waals surface area contributed by atoms with Crippen molar-refractivity contribution in [3.05, 3.63) is 72.1 Å². The fourth-order valence-electron chi connectivity index (χ4n) is 2.78. The van der Waals surface area contributed by atoms with E-state index in [-0.39, 0.29) is 5.91 Å². The zero-order valence-corrected chi connectivity index (χ0v) is 15.4. The van der Waals surface area contributed by atoms with Gasteiger partial charge in [0.25, 0.3) is 5.91 Å². The molecule has 0 aliphatic carbocycles. The molecule has 0 radical (unpaired) electrons. The number of hydrogen-bond donors (Lipinski definition) is 1. The van der Waals surface area contributed by atoms with Gasteiger partial charge in [-0.15, -0.1) is 0 Å². The fourth-order valence-corrected chi connectivity index (χ4v) is 2.78. The van der Waals surface area contributed by atoms with Crippen LogP contribution in [-0.2, 0) is 13.5 Å². The largest absolute Gasteiger partial charge is 0.378 e. The van der Waals surface area contributed by atoms with E-state index in [1.54, 1.807) is 4.68 Å². The molecule has 2 aromatic carbocycles. The zero-order valence-electron chi connectivity index (χ0n) is 15.4. The monoisotopic (exact) mass is 348 g/mol. The predicted octanol–water partition coefficient (Wildman–Crippen LogP) is 3.13. The van der Waals surface area contributed by atoms with E-state index in [2.05, 4.69) is 34.7 Å². The van der Waals surface area contributed by atoms with Crippen molar-refractivity contribution in [3.63, 3.8) is 0 Å². The number of rotatable bonds is 6. The minimum Gasteiger partial charge on any atom is -0.378 e. The first-order valence-corrected chi connectivity index (χ1v) is 8.66. The van der Waals surface area contributed by atoms with Crippen molar-refractivity contribution in [3.8, 4) is 11.1 Å². The van der Waals surface area contributed by atoms with Gasteiger partial charge in [-0.2, -0.15) is 5.10 Å². The highest BCUT2D eigenvalue weighted by atomic mass is 16.1. The molecule has 0 saturated carbocycles. The van der Waals surface area contributed by atoms with Crippen molar-refractivity contribution in [2.75, 3.05) is 25.5 Å². The average molecular weight is 348 g/mol. The number of aryl methyl sites for hydroxylation is 1. The van der Waals surface area contributed by atoms with Crippen LogP contribution < -0.4 is 10.2 Å². The van der Waals surface area contributed by atoms with Gasteiger partial charge in [-0.25, -0.2) is 0 Å². The van der Waals surface area contributed by atoms with E-state index in [9.17, 15) is 4.79 Å². The third kappa shape index (κ3) is 4.30. The minimum absolute atomic E-state index is 0.0410. The average Bonchev–Trinajstić information content (AvgIpc) is 3.08. The molecule has 5 heteroatoms. The Bertz CT molecular complexity index is 881. The number of carbonyl (C=O) groups is 1. The summed E-state index contributed by atoms with van der Waals surface area (Å²) in [6.45, 7) is 0.608. The topological polar surface area (TPSA) is 50.2 Å². The highest BCUT2D eigenvalue weighted by Gasteiger charge is 2.07. The normalized spacial score (nSPS) is 10.6. The van der Waals surface area contributed by atoms with Crippen LogP contribution in [0.2, 0.25) is 0 Å². The summed E-state index contributed by atoms with van der Waals surface area (Å²) in [6, 6.07) is 16.0. The lowest BCUT2D eigenvalue weighted by Crippen LogP contribution is -2.25. The molecule has 0 saturated heterocycles. The summed E-state index contributed by atoms with van der Waals surface area (Å²) >= 11 is 0. The first-order valence-electron chi connectivity index (χ1n) is 8.66. The molecule has 134 valence electrons. The number of amides is 1. The molecule has 26 heavy (non-hydrogen) atoms. The summed E-state index contributed by atoms with van der Waals surface area (Å²) in [7, 11) is 5.84. The number of anilines is 1. The van der Waals surface area contributed by atoms with Crippen LogP contribution in [0.15, 0.2) is 60.9 Å². The quantitative estimate of drug-likeness (QED) is 0.745. The molecule has 1 amide bonds. The van der Waals surface area contributed by atoms with Gasteiger partial charge in [0.05, 0.1) is 6.20 Å². The molecule has 5 nitrogen and oxygen atoms in total. The van der Waals surface area contributed by atoms with Crippen molar-refractivity contribution in [2.24, 2.45) is 7.05 Å². The summed E-state index contributed by atoms with van der Waals surface area (Å²) in [6.07, 6.45) is 4.65. The SMILES string of the molecule is CN(C)c1cccc(C(=O)NCCc2ccc(-c3cnn(C)c3)cc2)c1. The van der Waals surface area contributed by atoms with Crippen molar-refractivity contribution in [1.29, 1.82) is 0 Å². The molecule has 0 aliphatic rings. The summed E-state index contributed by atoms with van der Waals surface area (Å²) in [5, 5.41) is 7.19. The maximum atomic E-state index is 12.3.